The maximum atomic E-state index is 12.6. The molecule has 3 aliphatic rings. The molecule has 3 fully saturated rings. The Bertz CT molecular complexity index is 570. The Hall–Kier alpha value is -1.55. The van der Waals surface area contributed by atoms with E-state index in [0.717, 1.165) is 38.8 Å². The normalized spacial score (nSPS) is 24.1. The first-order chi connectivity index (χ1) is 12.3. The molecule has 136 valence electrons. The van der Waals surface area contributed by atoms with E-state index in [0.29, 0.717) is 0 Å². The van der Waals surface area contributed by atoms with Gasteiger partial charge < -0.3 is 10.2 Å². The number of rotatable bonds is 4. The van der Waals surface area contributed by atoms with E-state index in [-0.39, 0.29) is 11.4 Å². The number of benzene rings is 1. The molecule has 1 heterocycles. The molecule has 1 aliphatic heterocycles. The average molecular weight is 341 g/mol. The minimum absolute atomic E-state index is 0.133. The van der Waals surface area contributed by atoms with Crippen LogP contribution in [0.1, 0.15) is 50.5 Å². The van der Waals surface area contributed by atoms with Gasteiger partial charge in [-0.3, -0.25) is 4.90 Å². The molecule has 1 aromatic carbocycles. The van der Waals surface area contributed by atoms with Crippen molar-refractivity contribution in [3.05, 3.63) is 35.9 Å². The van der Waals surface area contributed by atoms with E-state index in [1.807, 2.05) is 4.90 Å². The number of hydrogen-bond acceptors (Lipinski definition) is 2. The number of urea groups is 1. The smallest absolute Gasteiger partial charge is 0.317 e. The fraction of sp³-hybridized carbons (Fsp3) is 0.667. The van der Waals surface area contributed by atoms with Gasteiger partial charge in [-0.15, -0.1) is 0 Å². The van der Waals surface area contributed by atoms with Gasteiger partial charge in [0.25, 0.3) is 0 Å². The standard InChI is InChI=1S/C21H31N3O/c25-20(24-15-13-23(14-16-24)19-9-4-5-10-19)22-17-21(11-6-12-21)18-7-2-1-3-8-18/h1-3,7-8,19H,4-6,9-17H2,(H,22,25). The second kappa shape index (κ2) is 7.36. The highest BCUT2D eigenvalue weighted by Crippen LogP contribution is 2.43. The fourth-order valence-electron chi connectivity index (χ4n) is 4.88. The number of amides is 2. The number of nitrogens with one attached hydrogen (secondary N) is 1. The van der Waals surface area contributed by atoms with Crippen LogP contribution < -0.4 is 5.32 Å². The number of nitrogens with zero attached hydrogens (tertiary/aromatic N) is 2. The van der Waals surface area contributed by atoms with Gasteiger partial charge >= 0.3 is 6.03 Å². The van der Waals surface area contributed by atoms with Gasteiger partial charge in [0.2, 0.25) is 0 Å². The lowest BCUT2D eigenvalue weighted by Crippen LogP contribution is -2.55. The largest absolute Gasteiger partial charge is 0.337 e. The quantitative estimate of drug-likeness (QED) is 0.911. The van der Waals surface area contributed by atoms with Crippen LogP contribution in [0.5, 0.6) is 0 Å². The molecule has 2 aliphatic carbocycles. The Labute approximate surface area is 151 Å². The summed E-state index contributed by atoms with van der Waals surface area (Å²) in [4.78, 5) is 17.3. The van der Waals surface area contributed by atoms with Gasteiger partial charge in [-0.25, -0.2) is 4.79 Å². The van der Waals surface area contributed by atoms with Crippen LogP contribution in [0.3, 0.4) is 0 Å². The van der Waals surface area contributed by atoms with Crippen molar-refractivity contribution >= 4 is 6.03 Å². The lowest BCUT2D eigenvalue weighted by molar-refractivity contribution is 0.107. The molecule has 0 bridgehead atoms. The molecule has 25 heavy (non-hydrogen) atoms. The average Bonchev–Trinajstić information content (AvgIpc) is 3.16. The summed E-state index contributed by atoms with van der Waals surface area (Å²) in [5.74, 6) is 0. The minimum Gasteiger partial charge on any atom is -0.337 e. The van der Waals surface area contributed by atoms with E-state index >= 15 is 0 Å². The third-order valence-corrected chi connectivity index (χ3v) is 6.72. The second-order valence-corrected chi connectivity index (χ2v) is 8.12. The summed E-state index contributed by atoms with van der Waals surface area (Å²) in [7, 11) is 0. The summed E-state index contributed by atoms with van der Waals surface area (Å²) in [5, 5.41) is 3.25. The zero-order chi connectivity index (χ0) is 17.1. The minimum atomic E-state index is 0.133. The summed E-state index contributed by atoms with van der Waals surface area (Å²) in [6, 6.07) is 11.6. The lowest BCUT2D eigenvalue weighted by Gasteiger charge is -2.43. The van der Waals surface area contributed by atoms with Crippen LogP contribution in [0.25, 0.3) is 0 Å². The number of hydrogen-bond donors (Lipinski definition) is 1. The molecule has 0 spiro atoms. The first-order valence-electron chi connectivity index (χ1n) is 10.1. The predicted octanol–water partition coefficient (Wildman–Crippen LogP) is 3.38. The van der Waals surface area contributed by atoms with Crippen molar-refractivity contribution in [2.24, 2.45) is 0 Å². The molecule has 4 rings (SSSR count). The maximum Gasteiger partial charge on any atom is 0.317 e. The van der Waals surface area contributed by atoms with Crippen molar-refractivity contribution in [2.45, 2.75) is 56.4 Å². The van der Waals surface area contributed by atoms with Crippen LogP contribution in [0, 0.1) is 0 Å². The van der Waals surface area contributed by atoms with E-state index in [9.17, 15) is 4.79 Å². The molecule has 1 N–H and O–H groups in total. The molecule has 0 unspecified atom stereocenters. The van der Waals surface area contributed by atoms with E-state index in [4.69, 9.17) is 0 Å². The van der Waals surface area contributed by atoms with E-state index < -0.39 is 0 Å². The highest BCUT2D eigenvalue weighted by molar-refractivity contribution is 5.74. The van der Waals surface area contributed by atoms with Gasteiger partial charge in [-0.05, 0) is 31.2 Å². The maximum absolute atomic E-state index is 12.6. The van der Waals surface area contributed by atoms with E-state index in [2.05, 4.69) is 40.5 Å². The van der Waals surface area contributed by atoms with Gasteiger partial charge in [0.05, 0.1) is 0 Å². The molecular formula is C21H31N3O. The van der Waals surface area contributed by atoms with Crippen molar-refractivity contribution < 1.29 is 4.79 Å². The zero-order valence-corrected chi connectivity index (χ0v) is 15.3. The molecule has 2 saturated carbocycles. The summed E-state index contributed by atoms with van der Waals surface area (Å²) in [6.45, 7) is 4.61. The van der Waals surface area contributed by atoms with Gasteiger partial charge in [0, 0.05) is 44.2 Å². The van der Waals surface area contributed by atoms with Crippen LogP contribution in [0.15, 0.2) is 30.3 Å². The van der Waals surface area contributed by atoms with Crippen LogP contribution in [-0.4, -0.2) is 54.6 Å². The summed E-state index contributed by atoms with van der Waals surface area (Å²) >= 11 is 0. The molecule has 0 aromatic heterocycles. The third kappa shape index (κ3) is 3.55. The Morgan fingerprint density at radius 2 is 1.68 bits per heavy atom. The topological polar surface area (TPSA) is 35.6 Å². The fourth-order valence-corrected chi connectivity index (χ4v) is 4.88. The summed E-state index contributed by atoms with van der Waals surface area (Å²) in [6.07, 6.45) is 9.11. The van der Waals surface area contributed by atoms with Crippen molar-refractivity contribution in [1.29, 1.82) is 0 Å². The highest BCUT2D eigenvalue weighted by Gasteiger charge is 2.39. The van der Waals surface area contributed by atoms with Crippen LogP contribution in [0.4, 0.5) is 4.79 Å². The molecule has 2 amide bonds. The summed E-state index contributed by atoms with van der Waals surface area (Å²) in [5.41, 5.74) is 1.55. The van der Waals surface area contributed by atoms with Crippen molar-refractivity contribution in [3.63, 3.8) is 0 Å². The first kappa shape index (κ1) is 16.9. The van der Waals surface area contributed by atoms with Gasteiger partial charge in [-0.1, -0.05) is 49.6 Å². The SMILES string of the molecule is O=C(NCC1(c2ccccc2)CCC1)N1CCN(C2CCCC2)CC1. The first-order valence-corrected chi connectivity index (χ1v) is 10.1. The molecule has 1 saturated heterocycles. The highest BCUT2D eigenvalue weighted by atomic mass is 16.2. The molecule has 4 nitrogen and oxygen atoms in total. The number of carbonyl (C=O) groups is 1. The molecule has 0 radical (unpaired) electrons. The van der Waals surface area contributed by atoms with Gasteiger partial charge in [0.1, 0.15) is 0 Å². The van der Waals surface area contributed by atoms with Gasteiger partial charge in [-0.2, -0.15) is 0 Å². The predicted molar refractivity (Wildman–Crippen MR) is 101 cm³/mol. The third-order valence-electron chi connectivity index (χ3n) is 6.72. The van der Waals surface area contributed by atoms with E-state index in [1.165, 1.54) is 50.5 Å². The lowest BCUT2D eigenvalue weighted by atomic mass is 9.64. The Morgan fingerprint density at radius 3 is 2.28 bits per heavy atom. The van der Waals surface area contributed by atoms with Crippen LogP contribution >= 0.6 is 0 Å². The second-order valence-electron chi connectivity index (χ2n) is 8.12. The number of carbonyl (C=O) groups excluding carboxylic acids is 1. The molecular weight excluding hydrogens is 310 g/mol. The Balaban J connectivity index is 1.28. The molecule has 0 atom stereocenters. The van der Waals surface area contributed by atoms with Gasteiger partial charge in [0.15, 0.2) is 0 Å². The zero-order valence-electron chi connectivity index (χ0n) is 15.3. The number of piperazine rings is 1. The Morgan fingerprint density at radius 1 is 1.00 bits per heavy atom. The van der Waals surface area contributed by atoms with Crippen LogP contribution in [0.2, 0.25) is 0 Å². The summed E-state index contributed by atoms with van der Waals surface area (Å²) < 4.78 is 0. The molecule has 1 aromatic rings. The van der Waals surface area contributed by atoms with Crippen molar-refractivity contribution in [2.75, 3.05) is 32.7 Å². The molecule has 4 heteroatoms. The monoisotopic (exact) mass is 341 g/mol. The van der Waals surface area contributed by atoms with Crippen molar-refractivity contribution in [1.82, 2.24) is 15.1 Å². The van der Waals surface area contributed by atoms with Crippen LogP contribution in [-0.2, 0) is 5.41 Å². The van der Waals surface area contributed by atoms with E-state index in [1.54, 1.807) is 0 Å². The Kier molecular flexibility index (Phi) is 4.98. The van der Waals surface area contributed by atoms with Crippen molar-refractivity contribution in [3.8, 4) is 0 Å².